The fraction of sp³-hybridized carbons (Fsp3) is 0.357. The van der Waals surface area contributed by atoms with Crippen LogP contribution in [0.2, 0.25) is 0 Å². The highest BCUT2D eigenvalue weighted by Crippen LogP contribution is 2.15. The lowest BCUT2D eigenvalue weighted by molar-refractivity contribution is 0.400. The summed E-state index contributed by atoms with van der Waals surface area (Å²) in [6, 6.07) is 7.62. The summed E-state index contributed by atoms with van der Waals surface area (Å²) in [6.45, 7) is 1.66. The molecule has 0 radical (unpaired) electrons. The van der Waals surface area contributed by atoms with E-state index in [2.05, 4.69) is 9.88 Å². The van der Waals surface area contributed by atoms with Gasteiger partial charge >= 0.3 is 0 Å². The Hall–Kier alpha value is -1.91. The molecule has 0 bridgehead atoms. The molecule has 1 aromatic carbocycles. The fourth-order valence-electron chi connectivity index (χ4n) is 1.92. The quantitative estimate of drug-likeness (QED) is 0.781. The highest BCUT2D eigenvalue weighted by Gasteiger charge is 2.17. The van der Waals surface area contributed by atoms with Crippen molar-refractivity contribution in [1.82, 2.24) is 9.46 Å². The van der Waals surface area contributed by atoms with Crippen LogP contribution in [0.25, 0.3) is 0 Å². The van der Waals surface area contributed by atoms with Gasteiger partial charge in [-0.05, 0) is 31.0 Å². The van der Waals surface area contributed by atoms with Gasteiger partial charge in [-0.3, -0.25) is 4.72 Å². The molecule has 1 N–H and O–H groups in total. The first-order chi connectivity index (χ1) is 11.1. The van der Waals surface area contributed by atoms with Crippen LogP contribution in [0.1, 0.15) is 11.3 Å². The minimum atomic E-state index is -3.57. The zero-order valence-electron chi connectivity index (χ0n) is 13.6. The second kappa shape index (κ2) is 6.91. The molecular formula is C14H19N3O5S2. The smallest absolute Gasteiger partial charge is 0.242 e. The van der Waals surface area contributed by atoms with Gasteiger partial charge in [0.2, 0.25) is 20.0 Å². The SMILES string of the molecule is Cc1cc(NS(=O)(=O)CCc2ccc(S(=O)(=O)N(C)C)cc2)no1. The molecule has 0 spiro atoms. The number of benzene rings is 1. The number of anilines is 1. The van der Waals surface area contributed by atoms with E-state index < -0.39 is 20.0 Å². The standard InChI is InChI=1S/C14H19N3O5S2/c1-11-10-14(15-22-11)16-23(18,19)9-8-12-4-6-13(7-5-12)24(20,21)17(2)3/h4-7,10H,8-9H2,1-3H3,(H,15,16). The Labute approximate surface area is 141 Å². The molecule has 0 unspecified atom stereocenters. The number of rotatable bonds is 7. The highest BCUT2D eigenvalue weighted by atomic mass is 32.2. The Morgan fingerprint density at radius 1 is 1.12 bits per heavy atom. The van der Waals surface area contributed by atoms with Gasteiger partial charge in [-0.15, -0.1) is 0 Å². The summed E-state index contributed by atoms with van der Waals surface area (Å²) in [4.78, 5) is 0.162. The monoisotopic (exact) mass is 373 g/mol. The fourth-order valence-corrected chi connectivity index (χ4v) is 3.84. The molecule has 0 aliphatic rings. The zero-order chi connectivity index (χ0) is 18.0. The van der Waals surface area contributed by atoms with E-state index in [9.17, 15) is 16.8 Å². The molecule has 2 aromatic rings. The van der Waals surface area contributed by atoms with Crippen LogP contribution >= 0.6 is 0 Å². The predicted molar refractivity (Wildman–Crippen MR) is 89.7 cm³/mol. The van der Waals surface area contributed by atoms with E-state index in [1.807, 2.05) is 0 Å². The first-order valence-electron chi connectivity index (χ1n) is 7.05. The van der Waals surface area contributed by atoms with Crippen molar-refractivity contribution in [2.45, 2.75) is 18.2 Å². The van der Waals surface area contributed by atoms with Crippen molar-refractivity contribution >= 4 is 25.9 Å². The molecule has 8 nitrogen and oxygen atoms in total. The molecule has 1 heterocycles. The molecule has 0 atom stereocenters. The molecule has 10 heteroatoms. The number of nitrogens with one attached hydrogen (secondary N) is 1. The van der Waals surface area contributed by atoms with Crippen LogP contribution in [0.3, 0.4) is 0 Å². The van der Waals surface area contributed by atoms with Gasteiger partial charge in [-0.1, -0.05) is 17.3 Å². The summed E-state index contributed by atoms with van der Waals surface area (Å²) in [6.07, 6.45) is 0.245. The summed E-state index contributed by atoms with van der Waals surface area (Å²) in [5.41, 5.74) is 0.717. The molecule has 24 heavy (non-hydrogen) atoms. The van der Waals surface area contributed by atoms with Crippen molar-refractivity contribution in [3.8, 4) is 0 Å². The van der Waals surface area contributed by atoms with Crippen molar-refractivity contribution in [3.05, 3.63) is 41.7 Å². The Morgan fingerprint density at radius 3 is 2.25 bits per heavy atom. The van der Waals surface area contributed by atoms with Crippen molar-refractivity contribution in [2.24, 2.45) is 0 Å². The molecule has 0 fully saturated rings. The number of nitrogens with zero attached hydrogens (tertiary/aromatic N) is 2. The summed E-state index contributed by atoms with van der Waals surface area (Å²) < 4.78 is 56.2. The van der Waals surface area contributed by atoms with Crippen molar-refractivity contribution in [3.63, 3.8) is 0 Å². The van der Waals surface area contributed by atoms with E-state index in [0.717, 1.165) is 9.87 Å². The molecule has 0 saturated heterocycles. The highest BCUT2D eigenvalue weighted by molar-refractivity contribution is 7.92. The Kier molecular flexibility index (Phi) is 5.31. The number of sulfonamides is 2. The summed E-state index contributed by atoms with van der Waals surface area (Å²) >= 11 is 0. The predicted octanol–water partition coefficient (Wildman–Crippen LogP) is 1.22. The molecular weight excluding hydrogens is 354 g/mol. The maximum atomic E-state index is 12.0. The third-order valence-electron chi connectivity index (χ3n) is 3.25. The van der Waals surface area contributed by atoms with Crippen LogP contribution in [0.4, 0.5) is 5.82 Å². The second-order valence-electron chi connectivity index (χ2n) is 5.43. The zero-order valence-corrected chi connectivity index (χ0v) is 15.2. The number of hydrogen-bond acceptors (Lipinski definition) is 6. The van der Waals surface area contributed by atoms with Crippen LogP contribution in [0, 0.1) is 6.92 Å². The van der Waals surface area contributed by atoms with Gasteiger partial charge in [0, 0.05) is 20.2 Å². The maximum absolute atomic E-state index is 12.0. The first kappa shape index (κ1) is 18.4. The lowest BCUT2D eigenvalue weighted by Gasteiger charge is -2.11. The molecule has 1 aromatic heterocycles. The molecule has 0 amide bonds. The van der Waals surface area contributed by atoms with Crippen LogP contribution < -0.4 is 4.72 Å². The Morgan fingerprint density at radius 2 is 1.75 bits per heavy atom. The van der Waals surface area contributed by atoms with E-state index in [-0.39, 0.29) is 22.9 Å². The van der Waals surface area contributed by atoms with E-state index in [4.69, 9.17) is 4.52 Å². The maximum Gasteiger partial charge on any atom is 0.242 e. The van der Waals surface area contributed by atoms with E-state index >= 15 is 0 Å². The van der Waals surface area contributed by atoms with Gasteiger partial charge in [-0.2, -0.15) is 0 Å². The summed E-state index contributed by atoms with van der Waals surface area (Å²) in [5, 5.41) is 3.57. The normalized spacial score (nSPS) is 12.5. The summed E-state index contributed by atoms with van der Waals surface area (Å²) in [7, 11) is -4.16. The first-order valence-corrected chi connectivity index (χ1v) is 10.1. The number of aryl methyl sites for hydroxylation is 2. The van der Waals surface area contributed by atoms with Crippen LogP contribution in [0.5, 0.6) is 0 Å². The lowest BCUT2D eigenvalue weighted by Crippen LogP contribution is -2.22. The Bertz CT molecular complexity index is 900. The molecule has 2 rings (SSSR count). The molecule has 0 aliphatic heterocycles. The lowest BCUT2D eigenvalue weighted by atomic mass is 10.2. The molecule has 0 saturated carbocycles. The van der Waals surface area contributed by atoms with Gasteiger partial charge in [0.15, 0.2) is 5.82 Å². The topological polar surface area (TPSA) is 110 Å². The van der Waals surface area contributed by atoms with Gasteiger partial charge in [-0.25, -0.2) is 21.1 Å². The van der Waals surface area contributed by atoms with Gasteiger partial charge in [0.05, 0.1) is 10.6 Å². The van der Waals surface area contributed by atoms with E-state index in [1.165, 1.54) is 32.3 Å². The van der Waals surface area contributed by atoms with E-state index in [1.54, 1.807) is 19.1 Å². The van der Waals surface area contributed by atoms with Gasteiger partial charge in [0.1, 0.15) is 5.76 Å². The van der Waals surface area contributed by atoms with Gasteiger partial charge < -0.3 is 4.52 Å². The van der Waals surface area contributed by atoms with Crippen LogP contribution in [-0.2, 0) is 26.5 Å². The minimum absolute atomic E-state index is 0.139. The average molecular weight is 373 g/mol. The number of aromatic nitrogens is 1. The third kappa shape index (κ3) is 4.56. The van der Waals surface area contributed by atoms with Gasteiger partial charge in [0.25, 0.3) is 0 Å². The second-order valence-corrected chi connectivity index (χ2v) is 9.42. The van der Waals surface area contributed by atoms with Crippen molar-refractivity contribution in [1.29, 1.82) is 0 Å². The van der Waals surface area contributed by atoms with Crippen molar-refractivity contribution < 1.29 is 21.4 Å². The van der Waals surface area contributed by atoms with Crippen LogP contribution in [-0.4, -0.2) is 46.1 Å². The molecule has 132 valence electrons. The van der Waals surface area contributed by atoms with Crippen LogP contribution in [0.15, 0.2) is 39.8 Å². The third-order valence-corrected chi connectivity index (χ3v) is 6.34. The largest absolute Gasteiger partial charge is 0.360 e. The Balaban J connectivity index is 2.02. The summed E-state index contributed by atoms with van der Waals surface area (Å²) in [5.74, 6) is 0.490. The van der Waals surface area contributed by atoms with Crippen molar-refractivity contribution in [2.75, 3.05) is 24.6 Å². The molecule has 0 aliphatic carbocycles. The van der Waals surface area contributed by atoms with E-state index in [0.29, 0.717) is 5.76 Å². The minimum Gasteiger partial charge on any atom is -0.360 e. The average Bonchev–Trinajstić information content (AvgIpc) is 2.90. The number of hydrogen-bond donors (Lipinski definition) is 1.